The van der Waals surface area contributed by atoms with E-state index < -0.39 is 0 Å². The Morgan fingerprint density at radius 2 is 1.09 bits per heavy atom. The monoisotopic (exact) mass is 707 g/mol. The molecule has 2 saturated carbocycles. The lowest BCUT2D eigenvalue weighted by Gasteiger charge is -2.34. The van der Waals surface area contributed by atoms with E-state index in [1.807, 2.05) is 0 Å². The smallest absolute Gasteiger partial charge is 0.0726 e. The summed E-state index contributed by atoms with van der Waals surface area (Å²) in [4.78, 5) is 2.61. The number of para-hydroxylation sites is 1. The van der Waals surface area contributed by atoms with Crippen molar-refractivity contribution < 1.29 is 0 Å². The first-order valence-electron chi connectivity index (χ1n) is 20.8. The average molecular weight is 708 g/mol. The van der Waals surface area contributed by atoms with E-state index in [-0.39, 0.29) is 5.41 Å². The lowest BCUT2D eigenvalue weighted by atomic mass is 9.70. The summed E-state index contributed by atoms with van der Waals surface area (Å²) in [7, 11) is 0. The fourth-order valence-corrected chi connectivity index (χ4v) is 12.1. The van der Waals surface area contributed by atoms with Crippen molar-refractivity contribution in [1.82, 2.24) is 0 Å². The normalized spacial score (nSPS) is 20.5. The zero-order valence-corrected chi connectivity index (χ0v) is 31.3. The summed E-state index contributed by atoms with van der Waals surface area (Å²) in [5.41, 5.74) is 21.7. The molecule has 0 heterocycles. The number of fused-ring (bicyclic) bond motifs is 13. The minimum atomic E-state index is -0.374. The third-order valence-electron chi connectivity index (χ3n) is 14.4. The van der Waals surface area contributed by atoms with Gasteiger partial charge < -0.3 is 4.90 Å². The van der Waals surface area contributed by atoms with Gasteiger partial charge >= 0.3 is 0 Å². The van der Waals surface area contributed by atoms with Crippen molar-refractivity contribution in [3.63, 3.8) is 0 Å². The molecule has 0 radical (unpaired) electrons. The zero-order valence-electron chi connectivity index (χ0n) is 31.3. The molecule has 0 aliphatic heterocycles. The van der Waals surface area contributed by atoms with Gasteiger partial charge in [0, 0.05) is 17.1 Å². The van der Waals surface area contributed by atoms with Crippen LogP contribution in [0, 0.1) is 11.8 Å². The van der Waals surface area contributed by atoms with Gasteiger partial charge in [-0.3, -0.25) is 0 Å². The van der Waals surface area contributed by atoms with E-state index in [1.165, 1.54) is 135 Å². The lowest BCUT2D eigenvalue weighted by Crippen LogP contribution is -2.26. The van der Waals surface area contributed by atoms with Gasteiger partial charge in [0.25, 0.3) is 0 Å². The summed E-state index contributed by atoms with van der Waals surface area (Å²) in [6.45, 7) is 0. The molecule has 7 aromatic rings. The highest BCUT2D eigenvalue weighted by molar-refractivity contribution is 5.96. The van der Waals surface area contributed by atoms with E-state index >= 15 is 0 Å². The van der Waals surface area contributed by atoms with Crippen LogP contribution in [0.15, 0.2) is 158 Å². The van der Waals surface area contributed by atoms with Crippen LogP contribution in [0.1, 0.15) is 83.4 Å². The number of anilines is 3. The second-order valence-electron chi connectivity index (χ2n) is 17.0. The van der Waals surface area contributed by atoms with Crippen LogP contribution in [0.3, 0.4) is 0 Å². The van der Waals surface area contributed by atoms with Crippen LogP contribution in [0.25, 0.3) is 33.4 Å². The van der Waals surface area contributed by atoms with Gasteiger partial charge in [-0.1, -0.05) is 134 Å². The first-order chi connectivity index (χ1) is 27.3. The molecular weight excluding hydrogens is 663 g/mol. The van der Waals surface area contributed by atoms with Gasteiger partial charge in [-0.25, -0.2) is 0 Å². The topological polar surface area (TPSA) is 3.24 Å². The van der Waals surface area contributed by atoms with Gasteiger partial charge in [-0.2, -0.15) is 0 Å². The zero-order chi connectivity index (χ0) is 36.1. The van der Waals surface area contributed by atoms with Gasteiger partial charge in [0.1, 0.15) is 0 Å². The van der Waals surface area contributed by atoms with Crippen LogP contribution < -0.4 is 4.90 Å². The molecule has 1 spiro atoms. The molecule has 5 aliphatic rings. The molecule has 3 unspecified atom stereocenters. The Morgan fingerprint density at radius 3 is 1.78 bits per heavy atom. The van der Waals surface area contributed by atoms with Gasteiger partial charge in [-0.15, -0.1) is 0 Å². The van der Waals surface area contributed by atoms with E-state index in [4.69, 9.17) is 0 Å². The van der Waals surface area contributed by atoms with E-state index in [0.717, 1.165) is 11.8 Å². The number of hydrogen-bond donors (Lipinski definition) is 0. The molecule has 55 heavy (non-hydrogen) atoms. The third kappa shape index (κ3) is 4.53. The molecule has 0 aromatic heterocycles. The van der Waals surface area contributed by atoms with Crippen molar-refractivity contribution in [2.75, 3.05) is 4.90 Å². The first kappa shape index (κ1) is 31.7. The largest absolute Gasteiger partial charge is 0.310 e. The maximum Gasteiger partial charge on any atom is 0.0726 e. The van der Waals surface area contributed by atoms with Gasteiger partial charge in [-0.05, 0) is 165 Å². The second-order valence-corrected chi connectivity index (χ2v) is 17.0. The summed E-state index contributed by atoms with van der Waals surface area (Å²) in [6.07, 6.45) is 10.5. The molecule has 2 bridgehead atoms. The van der Waals surface area contributed by atoms with Crippen molar-refractivity contribution in [3.05, 3.63) is 197 Å². The molecule has 0 amide bonds. The van der Waals surface area contributed by atoms with Crippen molar-refractivity contribution in [1.29, 1.82) is 0 Å². The van der Waals surface area contributed by atoms with E-state index in [2.05, 4.69) is 163 Å². The molecule has 12 rings (SSSR count). The maximum absolute atomic E-state index is 2.61. The highest BCUT2D eigenvalue weighted by atomic mass is 15.1. The molecule has 5 aliphatic carbocycles. The molecule has 1 heteroatoms. The minimum absolute atomic E-state index is 0.374. The molecular formula is C54H45N. The van der Waals surface area contributed by atoms with Gasteiger partial charge in [0.2, 0.25) is 0 Å². The number of rotatable bonds is 5. The number of benzene rings is 7. The molecule has 1 nitrogen and oxygen atoms in total. The maximum atomic E-state index is 2.61. The van der Waals surface area contributed by atoms with Crippen LogP contribution in [0.5, 0.6) is 0 Å². The first-order valence-corrected chi connectivity index (χ1v) is 20.8. The minimum Gasteiger partial charge on any atom is -0.310 e. The summed E-state index contributed by atoms with van der Waals surface area (Å²) in [5, 5.41) is 0. The van der Waals surface area contributed by atoms with Crippen LogP contribution in [-0.2, 0) is 18.3 Å². The molecule has 3 atom stereocenters. The molecule has 2 fully saturated rings. The Kier molecular flexibility index (Phi) is 7.01. The Bertz CT molecular complexity index is 2580. The van der Waals surface area contributed by atoms with Gasteiger partial charge in [0.05, 0.1) is 5.41 Å². The summed E-state index contributed by atoms with van der Waals surface area (Å²) in [6, 6.07) is 60.8. The van der Waals surface area contributed by atoms with Crippen molar-refractivity contribution in [2.45, 2.75) is 62.7 Å². The van der Waals surface area contributed by atoms with Crippen molar-refractivity contribution in [2.24, 2.45) is 11.8 Å². The Balaban J connectivity index is 1.07. The highest BCUT2D eigenvalue weighted by Gasteiger charge is 2.51. The quantitative estimate of drug-likeness (QED) is 0.172. The fraction of sp³-hybridized carbons (Fsp3) is 0.222. The standard InChI is InChI=1S/C54H45N/c1-2-14-41-36(12-1)13-11-19-42(41)37-26-28-39(29-27-37)55(53-23-10-6-18-47(53)48-33-35-24-25-38(48)32-35)40-30-31-46-45-17-5-9-22-51(45)54(52(46)34-40)49-20-7-3-15-43(49)44-16-4-8-21-50(44)54/h3-11,13,15-23,26-31,34-35,38,48H,1-2,12,14,24-25,32-33H2. The van der Waals surface area contributed by atoms with Crippen LogP contribution >= 0.6 is 0 Å². The fourth-order valence-electron chi connectivity index (χ4n) is 12.1. The number of hydrogen-bond acceptors (Lipinski definition) is 1. The van der Waals surface area contributed by atoms with E-state index in [0.29, 0.717) is 5.92 Å². The summed E-state index contributed by atoms with van der Waals surface area (Å²) in [5.74, 6) is 2.29. The van der Waals surface area contributed by atoms with Crippen LogP contribution in [0.4, 0.5) is 17.1 Å². The second kappa shape index (κ2) is 12.2. The number of nitrogens with zero attached hydrogens (tertiary/aromatic N) is 1. The Hall–Kier alpha value is -5.66. The van der Waals surface area contributed by atoms with Crippen LogP contribution in [0.2, 0.25) is 0 Å². The van der Waals surface area contributed by atoms with E-state index in [1.54, 1.807) is 5.56 Å². The lowest BCUT2D eigenvalue weighted by molar-refractivity contribution is 0.420. The van der Waals surface area contributed by atoms with E-state index in [9.17, 15) is 0 Å². The van der Waals surface area contributed by atoms with Crippen molar-refractivity contribution >= 4 is 17.1 Å². The summed E-state index contributed by atoms with van der Waals surface area (Å²) < 4.78 is 0. The van der Waals surface area contributed by atoms with Gasteiger partial charge in [0.15, 0.2) is 0 Å². The molecule has 0 saturated heterocycles. The van der Waals surface area contributed by atoms with Crippen LogP contribution in [-0.4, -0.2) is 0 Å². The molecule has 0 N–H and O–H groups in total. The average Bonchev–Trinajstić information content (AvgIpc) is 4.03. The Morgan fingerprint density at radius 1 is 0.473 bits per heavy atom. The predicted molar refractivity (Wildman–Crippen MR) is 228 cm³/mol. The SMILES string of the molecule is c1ccc2c(c1)-c1ccccc1C21c2ccccc2-c2ccc(N(c3ccc(-c4cccc5c4CCCC5)cc3)c3ccccc3C3CC4CCC3C4)cc21. The predicted octanol–water partition coefficient (Wildman–Crippen LogP) is 13.9. The summed E-state index contributed by atoms with van der Waals surface area (Å²) >= 11 is 0. The third-order valence-corrected chi connectivity index (χ3v) is 14.4. The highest BCUT2D eigenvalue weighted by Crippen LogP contribution is 2.63. The van der Waals surface area contributed by atoms with Crippen molar-refractivity contribution in [3.8, 4) is 33.4 Å². The number of aryl methyl sites for hydroxylation is 1. The molecule has 266 valence electrons. The Labute approximate surface area is 325 Å². The molecule has 7 aromatic carbocycles.